The molecule has 3 rings (SSSR count). The van der Waals surface area contributed by atoms with Crippen molar-refractivity contribution >= 4 is 28.2 Å². The molecule has 16 nitrogen and oxygen atoms in total. The summed E-state index contributed by atoms with van der Waals surface area (Å²) in [6.07, 6.45) is 0. The minimum Gasteiger partial charge on any atom is -0.481 e. The van der Waals surface area contributed by atoms with Crippen LogP contribution in [-0.4, -0.2) is 53.5 Å². The highest BCUT2D eigenvalue weighted by Gasteiger charge is 2.42. The molecule has 1 aliphatic heterocycles. The van der Waals surface area contributed by atoms with E-state index in [0.29, 0.717) is 16.2 Å². The third-order valence-corrected chi connectivity index (χ3v) is 4.81. The molecule has 0 aromatic heterocycles. The molecular formula is C19H18N8O8S. The second kappa shape index (κ2) is 12.7. The van der Waals surface area contributed by atoms with Gasteiger partial charge in [-0.3, -0.25) is 18.9 Å². The van der Waals surface area contributed by atoms with Crippen LogP contribution in [0, 0.1) is 0 Å². The maximum absolute atomic E-state index is 12.1. The SMILES string of the molecule is [N-]=[N+]=NC(C(=O)N[C@H]1CN(OS(=O)(=O)O)C1=O)c1ccccc1.[N-]=[N+]=NC(C(=O)O)c1ccccc1. The molecule has 1 fully saturated rings. The lowest BCUT2D eigenvalue weighted by Crippen LogP contribution is -2.64. The number of benzene rings is 2. The first-order valence-corrected chi connectivity index (χ1v) is 11.1. The van der Waals surface area contributed by atoms with E-state index in [0.717, 1.165) is 0 Å². The Kier molecular flexibility index (Phi) is 9.73. The van der Waals surface area contributed by atoms with Gasteiger partial charge in [0.2, 0.25) is 5.91 Å². The molecule has 2 aromatic rings. The number of hydroxylamine groups is 2. The van der Waals surface area contributed by atoms with Gasteiger partial charge in [0.25, 0.3) is 5.91 Å². The van der Waals surface area contributed by atoms with E-state index in [9.17, 15) is 22.8 Å². The molecule has 2 unspecified atom stereocenters. The standard InChI is InChI=1S/C11H11N5O6S.C8H7N3O2/c12-15-14-9(7-4-2-1-3-5-7)10(17)13-8-6-16(11(8)18)22-23(19,20)21;9-11-10-7(8(12)13)6-4-2-1-3-5-6/h1-5,8-9H,6H2,(H,13,17)(H,19,20,21);1-5,7H,(H,12,13)/t8-,9?;/m0./s1. The van der Waals surface area contributed by atoms with Crippen molar-refractivity contribution in [3.63, 3.8) is 0 Å². The fourth-order valence-electron chi connectivity index (χ4n) is 2.84. The van der Waals surface area contributed by atoms with Crippen molar-refractivity contribution in [2.75, 3.05) is 6.54 Å². The van der Waals surface area contributed by atoms with Crippen LogP contribution in [0.1, 0.15) is 23.2 Å². The second-order valence-corrected chi connectivity index (χ2v) is 7.84. The van der Waals surface area contributed by atoms with Crippen LogP contribution in [0.25, 0.3) is 20.9 Å². The minimum atomic E-state index is -4.81. The van der Waals surface area contributed by atoms with Crippen LogP contribution in [0.15, 0.2) is 70.9 Å². The Morgan fingerprint density at radius 1 is 1.00 bits per heavy atom. The van der Waals surface area contributed by atoms with Gasteiger partial charge >= 0.3 is 16.4 Å². The largest absolute Gasteiger partial charge is 0.481 e. The van der Waals surface area contributed by atoms with Crippen molar-refractivity contribution in [1.29, 1.82) is 0 Å². The number of nitrogens with zero attached hydrogens (tertiary/aromatic N) is 7. The Bertz CT molecular complexity index is 1290. The van der Waals surface area contributed by atoms with E-state index in [2.05, 4.69) is 29.7 Å². The number of β-lactam (4-membered cyclic amide) rings is 1. The number of nitrogens with one attached hydrogen (secondary N) is 1. The average Bonchev–Trinajstić information content (AvgIpc) is 2.85. The van der Waals surface area contributed by atoms with Gasteiger partial charge in [0, 0.05) is 9.82 Å². The summed E-state index contributed by atoms with van der Waals surface area (Å²) in [6.45, 7) is -0.276. The van der Waals surface area contributed by atoms with E-state index in [4.69, 9.17) is 20.7 Å². The fraction of sp³-hybridized carbons (Fsp3) is 0.211. The molecule has 3 atom stereocenters. The Balaban J connectivity index is 0.000000297. The Morgan fingerprint density at radius 3 is 1.89 bits per heavy atom. The number of carboxylic acid groups (broad SMARTS) is 1. The van der Waals surface area contributed by atoms with Gasteiger partial charge in [-0.1, -0.05) is 70.9 Å². The predicted molar refractivity (Wildman–Crippen MR) is 121 cm³/mol. The number of hydrogen-bond donors (Lipinski definition) is 3. The third-order valence-electron chi connectivity index (χ3n) is 4.44. The monoisotopic (exact) mass is 518 g/mol. The molecular weight excluding hydrogens is 500 g/mol. The summed E-state index contributed by atoms with van der Waals surface area (Å²) >= 11 is 0. The normalized spacial score (nSPS) is 16.0. The van der Waals surface area contributed by atoms with E-state index in [1.807, 2.05) is 0 Å². The van der Waals surface area contributed by atoms with E-state index >= 15 is 0 Å². The number of rotatable bonds is 9. The highest BCUT2D eigenvalue weighted by atomic mass is 32.3. The Labute approximate surface area is 203 Å². The first-order valence-electron chi connectivity index (χ1n) is 9.77. The zero-order valence-electron chi connectivity index (χ0n) is 18.1. The first-order chi connectivity index (χ1) is 17.1. The Morgan fingerprint density at radius 2 is 1.47 bits per heavy atom. The van der Waals surface area contributed by atoms with Gasteiger partial charge in [-0.05, 0) is 22.2 Å². The molecule has 188 valence electrons. The van der Waals surface area contributed by atoms with E-state index in [1.54, 1.807) is 60.7 Å². The molecule has 2 amide bonds. The summed E-state index contributed by atoms with van der Waals surface area (Å²) in [6, 6.07) is 13.2. The number of amides is 2. The fourth-order valence-corrected chi connectivity index (χ4v) is 3.20. The molecule has 3 N–H and O–H groups in total. The highest BCUT2D eigenvalue weighted by Crippen LogP contribution is 2.20. The number of carbonyl (C=O) groups is 3. The number of aliphatic carboxylic acids is 1. The summed E-state index contributed by atoms with van der Waals surface area (Å²) < 4.78 is 33.4. The zero-order valence-corrected chi connectivity index (χ0v) is 18.9. The van der Waals surface area contributed by atoms with E-state index < -0.39 is 46.3 Å². The highest BCUT2D eigenvalue weighted by molar-refractivity contribution is 7.80. The third kappa shape index (κ3) is 7.98. The molecule has 0 aliphatic carbocycles. The van der Waals surface area contributed by atoms with Gasteiger partial charge in [-0.25, -0.2) is 0 Å². The lowest BCUT2D eigenvalue weighted by molar-refractivity contribution is -0.182. The molecule has 0 radical (unpaired) electrons. The molecule has 0 saturated carbocycles. The Hall–Kier alpha value is -4.66. The molecule has 36 heavy (non-hydrogen) atoms. The van der Waals surface area contributed by atoms with Crippen molar-refractivity contribution in [1.82, 2.24) is 10.4 Å². The molecule has 1 heterocycles. The molecule has 0 bridgehead atoms. The second-order valence-electron chi connectivity index (χ2n) is 6.84. The van der Waals surface area contributed by atoms with Crippen LogP contribution in [0.5, 0.6) is 0 Å². The zero-order chi connectivity index (χ0) is 26.7. The minimum absolute atomic E-state index is 0.276. The topological polar surface area (TPSA) is 248 Å². The summed E-state index contributed by atoms with van der Waals surface area (Å²) in [5.74, 6) is -2.73. The quantitative estimate of drug-likeness (QED) is 0.145. The van der Waals surface area contributed by atoms with Crippen LogP contribution in [0.2, 0.25) is 0 Å². The van der Waals surface area contributed by atoms with Gasteiger partial charge in [0.15, 0.2) is 6.04 Å². The van der Waals surface area contributed by atoms with Gasteiger partial charge in [-0.2, -0.15) is 13.5 Å². The van der Waals surface area contributed by atoms with Crippen LogP contribution >= 0.6 is 0 Å². The number of carbonyl (C=O) groups excluding carboxylic acids is 2. The number of hydrogen-bond acceptors (Lipinski definition) is 8. The van der Waals surface area contributed by atoms with Crippen molar-refractivity contribution in [2.45, 2.75) is 18.1 Å². The molecule has 2 aromatic carbocycles. The van der Waals surface area contributed by atoms with E-state index in [-0.39, 0.29) is 6.54 Å². The van der Waals surface area contributed by atoms with Gasteiger partial charge in [-0.15, -0.1) is 4.28 Å². The molecule has 1 aliphatic rings. The average molecular weight is 518 g/mol. The van der Waals surface area contributed by atoms with Crippen molar-refractivity contribution in [3.8, 4) is 0 Å². The van der Waals surface area contributed by atoms with E-state index in [1.165, 1.54) is 0 Å². The summed E-state index contributed by atoms with van der Waals surface area (Å²) in [5, 5.41) is 17.9. The van der Waals surface area contributed by atoms with Gasteiger partial charge in [0.1, 0.15) is 12.1 Å². The van der Waals surface area contributed by atoms with Crippen molar-refractivity contribution < 1.29 is 36.7 Å². The molecule has 17 heteroatoms. The van der Waals surface area contributed by atoms with Crippen LogP contribution < -0.4 is 5.32 Å². The smallest absolute Gasteiger partial charge is 0.418 e. The summed E-state index contributed by atoms with van der Waals surface area (Å²) in [5.41, 5.74) is 17.6. The first kappa shape index (κ1) is 27.6. The van der Waals surface area contributed by atoms with Crippen LogP contribution in [0.3, 0.4) is 0 Å². The number of azide groups is 2. The van der Waals surface area contributed by atoms with Crippen molar-refractivity contribution in [3.05, 3.63) is 92.7 Å². The number of carboxylic acids is 1. The lowest BCUT2D eigenvalue weighted by atomic mass is 10.1. The van der Waals surface area contributed by atoms with Gasteiger partial charge < -0.3 is 10.4 Å². The van der Waals surface area contributed by atoms with Crippen LogP contribution in [-0.2, 0) is 29.1 Å². The summed E-state index contributed by atoms with van der Waals surface area (Å²) in [7, 11) is -4.81. The maximum Gasteiger partial charge on any atom is 0.418 e. The predicted octanol–water partition coefficient (Wildman–Crippen LogP) is 2.22. The lowest BCUT2D eigenvalue weighted by Gasteiger charge is -2.35. The van der Waals surface area contributed by atoms with Crippen LogP contribution in [0.4, 0.5) is 0 Å². The molecule has 1 saturated heterocycles. The maximum atomic E-state index is 12.1. The van der Waals surface area contributed by atoms with Gasteiger partial charge in [0.05, 0.1) is 6.54 Å². The molecule has 0 spiro atoms. The van der Waals surface area contributed by atoms with Crippen molar-refractivity contribution in [2.24, 2.45) is 10.2 Å². The summed E-state index contributed by atoms with van der Waals surface area (Å²) in [4.78, 5) is 39.4.